The van der Waals surface area contributed by atoms with Crippen LogP contribution >= 0.6 is 11.8 Å². The van der Waals surface area contributed by atoms with Gasteiger partial charge < -0.3 is 9.84 Å². The van der Waals surface area contributed by atoms with Crippen molar-refractivity contribution >= 4 is 11.8 Å². The largest absolute Gasteiger partial charge is 0.339 e. The van der Waals surface area contributed by atoms with Gasteiger partial charge in [0.25, 0.3) is 0 Å². The van der Waals surface area contributed by atoms with Gasteiger partial charge in [-0.15, -0.1) is 0 Å². The quantitative estimate of drug-likeness (QED) is 0.794. The predicted octanol–water partition coefficient (Wildman–Crippen LogP) is 3.59. The van der Waals surface area contributed by atoms with Crippen molar-refractivity contribution in [1.82, 2.24) is 15.5 Å². The van der Waals surface area contributed by atoms with E-state index in [-0.39, 0.29) is 0 Å². The van der Waals surface area contributed by atoms with Crippen molar-refractivity contribution in [3.8, 4) is 0 Å². The Hall–Kier alpha value is -0.550. The average Bonchev–Trinajstić information content (AvgIpc) is 3.05. The van der Waals surface area contributed by atoms with E-state index in [2.05, 4.69) is 36.2 Å². The highest BCUT2D eigenvalue weighted by Gasteiger charge is 2.23. The molecule has 114 valence electrons. The fourth-order valence-corrected chi connectivity index (χ4v) is 3.83. The van der Waals surface area contributed by atoms with Crippen LogP contribution in [0.5, 0.6) is 0 Å². The first kappa shape index (κ1) is 15.8. The van der Waals surface area contributed by atoms with Gasteiger partial charge >= 0.3 is 0 Å². The number of nitrogens with zero attached hydrogens (tertiary/aromatic N) is 2. The van der Waals surface area contributed by atoms with E-state index in [1.54, 1.807) is 0 Å². The summed E-state index contributed by atoms with van der Waals surface area (Å²) >= 11 is 1.95. The molecule has 5 heteroatoms. The van der Waals surface area contributed by atoms with Crippen LogP contribution in [0.1, 0.15) is 63.4 Å². The Kier molecular flexibility index (Phi) is 6.36. The minimum atomic E-state index is 0.444. The number of rotatable bonds is 8. The van der Waals surface area contributed by atoms with Gasteiger partial charge in [0.15, 0.2) is 5.82 Å². The summed E-state index contributed by atoms with van der Waals surface area (Å²) in [4.78, 5) is 4.61. The molecule has 1 aromatic heterocycles. The number of aromatic nitrogens is 2. The molecule has 1 saturated heterocycles. The third-order valence-electron chi connectivity index (χ3n) is 3.56. The molecule has 1 aliphatic rings. The Balaban J connectivity index is 1.91. The molecule has 1 aliphatic heterocycles. The Bertz CT molecular complexity index is 388. The molecule has 0 radical (unpaired) electrons. The fourth-order valence-electron chi connectivity index (χ4n) is 2.63. The molecular weight excluding hydrogens is 270 g/mol. The van der Waals surface area contributed by atoms with Crippen LogP contribution in [0, 0.1) is 5.92 Å². The second-order valence-corrected chi connectivity index (χ2v) is 7.34. The van der Waals surface area contributed by atoms with Crippen LogP contribution in [0.15, 0.2) is 4.52 Å². The summed E-state index contributed by atoms with van der Waals surface area (Å²) in [7, 11) is 0. The van der Waals surface area contributed by atoms with E-state index in [9.17, 15) is 0 Å². The second-order valence-electron chi connectivity index (χ2n) is 6.03. The van der Waals surface area contributed by atoms with E-state index in [0.29, 0.717) is 17.2 Å². The molecule has 0 amide bonds. The van der Waals surface area contributed by atoms with Crippen LogP contribution in [0.25, 0.3) is 0 Å². The molecule has 1 fully saturated rings. The van der Waals surface area contributed by atoms with E-state index < -0.39 is 0 Å². The molecule has 0 saturated carbocycles. The van der Waals surface area contributed by atoms with Crippen molar-refractivity contribution in [2.45, 2.75) is 64.2 Å². The first-order chi connectivity index (χ1) is 9.69. The van der Waals surface area contributed by atoms with Crippen molar-refractivity contribution in [2.75, 3.05) is 12.3 Å². The third kappa shape index (κ3) is 4.77. The normalized spacial score (nSPS) is 20.7. The minimum absolute atomic E-state index is 0.444. The van der Waals surface area contributed by atoms with Gasteiger partial charge in [0.05, 0.1) is 5.25 Å². The predicted molar refractivity (Wildman–Crippen MR) is 84.0 cm³/mol. The Morgan fingerprint density at radius 3 is 2.95 bits per heavy atom. The number of thioether (sulfide) groups is 1. The molecule has 0 aliphatic carbocycles. The van der Waals surface area contributed by atoms with Gasteiger partial charge in [-0.25, -0.2) is 0 Å². The molecule has 2 heterocycles. The summed E-state index contributed by atoms with van der Waals surface area (Å²) < 4.78 is 5.45. The SMILES string of the molecule is CCCNC(Cc1nc(C2CCCS2)no1)CC(C)C. The van der Waals surface area contributed by atoms with E-state index >= 15 is 0 Å². The van der Waals surface area contributed by atoms with Crippen LogP contribution in [0.4, 0.5) is 0 Å². The number of nitrogens with one attached hydrogen (secondary N) is 1. The summed E-state index contributed by atoms with van der Waals surface area (Å²) in [5, 5.41) is 8.23. The first-order valence-electron chi connectivity index (χ1n) is 7.86. The molecule has 2 unspecified atom stereocenters. The van der Waals surface area contributed by atoms with Crippen molar-refractivity contribution in [2.24, 2.45) is 5.92 Å². The highest BCUT2D eigenvalue weighted by Crippen LogP contribution is 2.38. The van der Waals surface area contributed by atoms with Crippen LogP contribution < -0.4 is 5.32 Å². The molecule has 4 nitrogen and oxygen atoms in total. The zero-order chi connectivity index (χ0) is 14.4. The van der Waals surface area contributed by atoms with Crippen molar-refractivity contribution in [1.29, 1.82) is 0 Å². The maximum atomic E-state index is 5.45. The minimum Gasteiger partial charge on any atom is -0.339 e. The number of hydrogen-bond acceptors (Lipinski definition) is 5. The Labute approximate surface area is 126 Å². The molecule has 0 bridgehead atoms. The zero-order valence-corrected chi connectivity index (χ0v) is 13.7. The lowest BCUT2D eigenvalue weighted by Crippen LogP contribution is -2.33. The summed E-state index contributed by atoms with van der Waals surface area (Å²) in [6.07, 6.45) is 5.61. The standard InChI is InChI=1S/C15H27N3OS/c1-4-7-16-12(9-11(2)3)10-14-17-15(18-19-14)13-6-5-8-20-13/h11-13,16H,4-10H2,1-3H3. The van der Waals surface area contributed by atoms with Crippen molar-refractivity contribution < 1.29 is 4.52 Å². The lowest BCUT2D eigenvalue weighted by molar-refractivity contribution is 0.335. The van der Waals surface area contributed by atoms with Crippen molar-refractivity contribution in [3.63, 3.8) is 0 Å². The van der Waals surface area contributed by atoms with Gasteiger partial charge in [0.2, 0.25) is 5.89 Å². The third-order valence-corrected chi connectivity index (χ3v) is 4.93. The maximum absolute atomic E-state index is 5.45. The monoisotopic (exact) mass is 297 g/mol. The van der Waals surface area contributed by atoms with Gasteiger partial charge in [0.1, 0.15) is 0 Å². The summed E-state index contributed by atoms with van der Waals surface area (Å²) in [6, 6.07) is 0.444. The molecule has 1 N–H and O–H groups in total. The molecule has 0 spiro atoms. The molecule has 1 aromatic rings. The Morgan fingerprint density at radius 2 is 2.30 bits per heavy atom. The van der Waals surface area contributed by atoms with Crippen LogP contribution in [-0.2, 0) is 6.42 Å². The van der Waals surface area contributed by atoms with Crippen LogP contribution in [-0.4, -0.2) is 28.5 Å². The highest BCUT2D eigenvalue weighted by atomic mass is 32.2. The van der Waals surface area contributed by atoms with Gasteiger partial charge in [0, 0.05) is 12.5 Å². The lowest BCUT2D eigenvalue weighted by Gasteiger charge is -2.18. The summed E-state index contributed by atoms with van der Waals surface area (Å²) in [5.74, 6) is 3.60. The average molecular weight is 297 g/mol. The summed E-state index contributed by atoms with van der Waals surface area (Å²) in [6.45, 7) is 7.77. The maximum Gasteiger partial charge on any atom is 0.228 e. The smallest absolute Gasteiger partial charge is 0.228 e. The molecule has 2 atom stereocenters. The molecule has 20 heavy (non-hydrogen) atoms. The molecule has 0 aromatic carbocycles. The van der Waals surface area contributed by atoms with Crippen LogP contribution in [0.2, 0.25) is 0 Å². The van der Waals surface area contributed by atoms with Gasteiger partial charge in [-0.2, -0.15) is 16.7 Å². The number of hydrogen-bond donors (Lipinski definition) is 1. The van der Waals surface area contributed by atoms with E-state index in [1.165, 1.54) is 18.6 Å². The van der Waals surface area contributed by atoms with Crippen molar-refractivity contribution in [3.05, 3.63) is 11.7 Å². The van der Waals surface area contributed by atoms with Gasteiger partial charge in [-0.05, 0) is 43.9 Å². The molecular formula is C15H27N3OS. The first-order valence-corrected chi connectivity index (χ1v) is 8.91. The van der Waals surface area contributed by atoms with Gasteiger partial charge in [-0.3, -0.25) is 0 Å². The lowest BCUT2D eigenvalue weighted by atomic mass is 10.0. The van der Waals surface area contributed by atoms with Gasteiger partial charge in [-0.1, -0.05) is 25.9 Å². The zero-order valence-electron chi connectivity index (χ0n) is 12.9. The van der Waals surface area contributed by atoms with E-state index in [4.69, 9.17) is 4.52 Å². The van der Waals surface area contributed by atoms with E-state index in [1.807, 2.05) is 11.8 Å². The fraction of sp³-hybridized carbons (Fsp3) is 0.867. The second kappa shape index (κ2) is 8.03. The Morgan fingerprint density at radius 1 is 1.45 bits per heavy atom. The topological polar surface area (TPSA) is 51.0 Å². The van der Waals surface area contributed by atoms with Crippen LogP contribution in [0.3, 0.4) is 0 Å². The molecule has 2 rings (SSSR count). The summed E-state index contributed by atoms with van der Waals surface area (Å²) in [5.41, 5.74) is 0. The van der Waals surface area contributed by atoms with E-state index in [0.717, 1.165) is 37.5 Å². The highest BCUT2D eigenvalue weighted by molar-refractivity contribution is 7.99.